The van der Waals surface area contributed by atoms with Crippen molar-refractivity contribution in [3.63, 3.8) is 0 Å². The molecule has 24 heavy (non-hydrogen) atoms. The molecule has 126 valence electrons. The van der Waals surface area contributed by atoms with E-state index in [1.165, 1.54) is 0 Å². The van der Waals surface area contributed by atoms with Gasteiger partial charge in [0.15, 0.2) is 0 Å². The van der Waals surface area contributed by atoms with Crippen LogP contribution in [0.1, 0.15) is 17.2 Å². The summed E-state index contributed by atoms with van der Waals surface area (Å²) in [6.07, 6.45) is 0. The van der Waals surface area contributed by atoms with E-state index in [2.05, 4.69) is 10.2 Å². The van der Waals surface area contributed by atoms with Crippen molar-refractivity contribution in [3.05, 3.63) is 47.5 Å². The lowest BCUT2D eigenvalue weighted by Gasteiger charge is -2.49. The van der Waals surface area contributed by atoms with E-state index in [4.69, 9.17) is 0 Å². The normalized spacial score (nSPS) is 22.8. The summed E-state index contributed by atoms with van der Waals surface area (Å²) in [7, 11) is 1.93. The molecule has 2 aliphatic rings. The van der Waals surface area contributed by atoms with E-state index >= 15 is 0 Å². The smallest absolute Gasteiger partial charge is 0.242 e. The number of β-amino-alcohol motifs (C(OH)–C–C–N with tert-alkyl or cyclic N) is 1. The average Bonchev–Trinajstić information content (AvgIpc) is 2.91. The molecule has 1 unspecified atom stereocenters. The fourth-order valence-corrected chi connectivity index (χ4v) is 3.57. The van der Waals surface area contributed by atoms with Crippen LogP contribution in [-0.4, -0.2) is 61.8 Å². The molecule has 0 spiro atoms. The number of rotatable bonds is 2. The lowest BCUT2D eigenvalue weighted by atomic mass is 9.85. The molecular weight excluding hydrogens is 306 g/mol. The Hall–Kier alpha value is -2.25. The first-order valence-electron chi connectivity index (χ1n) is 8.13. The first-order valence-corrected chi connectivity index (χ1v) is 8.13. The minimum atomic E-state index is -0.929. The predicted molar refractivity (Wildman–Crippen MR) is 86.9 cm³/mol. The number of aromatic nitrogens is 3. The molecule has 2 aromatic rings. The number of hydrogen-bond acceptors (Lipinski definition) is 5. The fourth-order valence-electron chi connectivity index (χ4n) is 3.57. The molecule has 7 nitrogen and oxygen atoms in total. The summed E-state index contributed by atoms with van der Waals surface area (Å²) in [5.74, 6) is 1.78. The molecule has 1 aromatic heterocycles. The number of aryl methyl sites for hydroxylation is 1. The molecule has 0 bridgehead atoms. The van der Waals surface area contributed by atoms with E-state index in [0.717, 1.165) is 17.2 Å². The second-order valence-electron chi connectivity index (χ2n) is 6.80. The topological polar surface area (TPSA) is 74.5 Å². The van der Waals surface area contributed by atoms with Crippen LogP contribution in [0.25, 0.3) is 0 Å². The molecule has 1 aromatic carbocycles. The van der Waals surface area contributed by atoms with Crippen molar-refractivity contribution in [3.8, 4) is 0 Å². The maximum atomic E-state index is 12.9. The molecule has 1 N–H and O–H groups in total. The zero-order chi connectivity index (χ0) is 16.9. The number of carbonyl (C=O) groups excluding carboxylic acids is 1. The van der Waals surface area contributed by atoms with Crippen LogP contribution in [0.3, 0.4) is 0 Å². The number of carbonyl (C=O) groups is 1. The highest BCUT2D eigenvalue weighted by atomic mass is 16.3. The number of hydrogen-bond donors (Lipinski definition) is 1. The predicted octanol–water partition coefficient (Wildman–Crippen LogP) is 0.131. The summed E-state index contributed by atoms with van der Waals surface area (Å²) in [4.78, 5) is 16.6. The third-order valence-corrected chi connectivity index (χ3v) is 5.10. The third-order valence-electron chi connectivity index (χ3n) is 5.10. The Balaban J connectivity index is 1.47. The van der Waals surface area contributed by atoms with Gasteiger partial charge in [-0.05, 0) is 19.5 Å². The van der Waals surface area contributed by atoms with Crippen LogP contribution in [0.5, 0.6) is 0 Å². The Morgan fingerprint density at radius 2 is 1.96 bits per heavy atom. The van der Waals surface area contributed by atoms with Crippen molar-refractivity contribution < 1.29 is 9.90 Å². The molecular formula is C17H21N5O2. The van der Waals surface area contributed by atoms with E-state index < -0.39 is 5.60 Å². The van der Waals surface area contributed by atoms with Gasteiger partial charge in [0.05, 0.1) is 26.2 Å². The first-order chi connectivity index (χ1) is 11.5. The lowest BCUT2D eigenvalue weighted by Crippen LogP contribution is -2.65. The Morgan fingerprint density at radius 3 is 2.67 bits per heavy atom. The van der Waals surface area contributed by atoms with E-state index in [9.17, 15) is 9.90 Å². The lowest BCUT2D eigenvalue weighted by molar-refractivity contribution is -0.163. The molecule has 4 rings (SSSR count). The highest BCUT2D eigenvalue weighted by Gasteiger charge is 2.47. The van der Waals surface area contributed by atoms with Crippen LogP contribution in [0.15, 0.2) is 30.3 Å². The average molecular weight is 327 g/mol. The van der Waals surface area contributed by atoms with Crippen LogP contribution in [0, 0.1) is 6.92 Å². The van der Waals surface area contributed by atoms with Crippen molar-refractivity contribution in [1.82, 2.24) is 24.6 Å². The number of aliphatic hydroxyl groups is 1. The van der Waals surface area contributed by atoms with Crippen molar-refractivity contribution >= 4 is 5.91 Å². The molecule has 2 aliphatic heterocycles. The van der Waals surface area contributed by atoms with Crippen LogP contribution >= 0.6 is 0 Å². The van der Waals surface area contributed by atoms with E-state index in [0.29, 0.717) is 26.2 Å². The zero-order valence-corrected chi connectivity index (χ0v) is 13.9. The van der Waals surface area contributed by atoms with Gasteiger partial charge in [0.1, 0.15) is 23.3 Å². The van der Waals surface area contributed by atoms with Gasteiger partial charge in [-0.25, -0.2) is 0 Å². The molecule has 7 heteroatoms. The molecule has 0 saturated carbocycles. The summed E-state index contributed by atoms with van der Waals surface area (Å²) in [6, 6.07) is 9.30. The summed E-state index contributed by atoms with van der Waals surface area (Å²) in [5, 5.41) is 18.9. The Kier molecular flexibility index (Phi) is 3.43. The van der Waals surface area contributed by atoms with E-state index in [1.807, 2.05) is 53.8 Å². The van der Waals surface area contributed by atoms with Gasteiger partial charge in [-0.3, -0.25) is 9.69 Å². The number of fused-ring (bicyclic) bond motifs is 1. The monoisotopic (exact) mass is 327 g/mol. The van der Waals surface area contributed by atoms with Gasteiger partial charge in [0, 0.05) is 0 Å². The van der Waals surface area contributed by atoms with E-state index in [-0.39, 0.29) is 11.9 Å². The zero-order valence-electron chi connectivity index (χ0n) is 13.9. The maximum Gasteiger partial charge on any atom is 0.242 e. The number of amides is 1. The van der Waals surface area contributed by atoms with Gasteiger partial charge >= 0.3 is 0 Å². The van der Waals surface area contributed by atoms with Crippen molar-refractivity contribution in [1.29, 1.82) is 0 Å². The van der Waals surface area contributed by atoms with Gasteiger partial charge in [-0.2, -0.15) is 0 Å². The minimum absolute atomic E-state index is 0.0526. The highest BCUT2D eigenvalue weighted by molar-refractivity contribution is 5.83. The SMILES string of the molecule is Cc1nnc2n1CC(C(=O)N1CC(O)(c3ccccc3)C1)N(C)C2. The van der Waals surface area contributed by atoms with Crippen molar-refractivity contribution in [2.24, 2.45) is 0 Å². The third kappa shape index (κ3) is 2.32. The molecule has 0 radical (unpaired) electrons. The Labute approximate surface area is 140 Å². The summed E-state index contributed by atoms with van der Waals surface area (Å²) in [5.41, 5.74) is -0.0649. The summed E-state index contributed by atoms with van der Waals surface area (Å²) < 4.78 is 2.01. The maximum absolute atomic E-state index is 12.9. The second-order valence-corrected chi connectivity index (χ2v) is 6.80. The quantitative estimate of drug-likeness (QED) is 0.849. The van der Waals surface area contributed by atoms with Crippen LogP contribution in [0.4, 0.5) is 0 Å². The first kappa shape index (κ1) is 15.3. The highest BCUT2D eigenvalue weighted by Crippen LogP contribution is 2.33. The summed E-state index contributed by atoms with van der Waals surface area (Å²) in [6.45, 7) is 3.75. The molecule has 1 amide bonds. The number of nitrogens with zero attached hydrogens (tertiary/aromatic N) is 5. The van der Waals surface area contributed by atoms with Crippen LogP contribution < -0.4 is 0 Å². The van der Waals surface area contributed by atoms with E-state index in [1.54, 1.807) is 4.90 Å². The molecule has 1 fully saturated rings. The molecule has 1 saturated heterocycles. The Morgan fingerprint density at radius 1 is 1.25 bits per heavy atom. The summed E-state index contributed by atoms with van der Waals surface area (Å²) >= 11 is 0. The number of benzene rings is 1. The largest absolute Gasteiger partial charge is 0.381 e. The van der Waals surface area contributed by atoms with Crippen molar-refractivity contribution in [2.75, 3.05) is 20.1 Å². The molecule has 3 heterocycles. The van der Waals surface area contributed by atoms with Gasteiger partial charge < -0.3 is 14.6 Å². The van der Waals surface area contributed by atoms with Gasteiger partial charge in [-0.15, -0.1) is 10.2 Å². The van der Waals surface area contributed by atoms with Gasteiger partial charge in [-0.1, -0.05) is 30.3 Å². The van der Waals surface area contributed by atoms with Gasteiger partial charge in [0.2, 0.25) is 5.91 Å². The minimum Gasteiger partial charge on any atom is -0.381 e. The van der Waals surface area contributed by atoms with Gasteiger partial charge in [0.25, 0.3) is 0 Å². The van der Waals surface area contributed by atoms with Crippen molar-refractivity contribution in [2.45, 2.75) is 31.7 Å². The number of likely N-dealkylation sites (N-methyl/N-ethyl adjacent to an activating group) is 1. The standard InChI is InChI=1S/C17H21N5O2/c1-12-18-19-15-9-20(2)14(8-22(12)15)16(23)21-10-17(24,11-21)13-6-4-3-5-7-13/h3-7,14,24H,8-11H2,1-2H3. The van der Waals surface area contributed by atoms with Crippen LogP contribution in [0.2, 0.25) is 0 Å². The second kappa shape index (κ2) is 5.39. The Bertz CT molecular complexity index is 767. The molecule has 1 atom stereocenters. The fraction of sp³-hybridized carbons (Fsp3) is 0.471. The molecule has 0 aliphatic carbocycles. The number of likely N-dealkylation sites (tertiary alicyclic amines) is 1. The van der Waals surface area contributed by atoms with Crippen LogP contribution in [-0.2, 0) is 23.5 Å².